The summed E-state index contributed by atoms with van der Waals surface area (Å²) in [4.78, 5) is 9.87. The number of pyridine rings is 1. The van der Waals surface area contributed by atoms with Crippen LogP contribution in [0.5, 0.6) is 5.88 Å². The summed E-state index contributed by atoms with van der Waals surface area (Å²) in [5.41, 5.74) is 6.98. The first-order chi connectivity index (χ1) is 11.7. The van der Waals surface area contributed by atoms with Crippen LogP contribution in [0.15, 0.2) is 23.3 Å². The number of aryl methyl sites for hydroxylation is 1. The lowest BCUT2D eigenvalue weighted by Gasteiger charge is -2.25. The molecule has 0 aliphatic carbocycles. The molecule has 0 fully saturated rings. The van der Waals surface area contributed by atoms with Gasteiger partial charge in [-0.2, -0.15) is 5.26 Å². The third kappa shape index (κ3) is 5.39. The molecule has 2 heterocycles. The molecule has 3 N–H and O–H groups in total. The molecule has 0 spiro atoms. The van der Waals surface area contributed by atoms with Gasteiger partial charge < -0.3 is 15.8 Å². The van der Waals surface area contributed by atoms with E-state index in [2.05, 4.69) is 27.6 Å². The highest BCUT2D eigenvalue weighted by Crippen LogP contribution is 2.24. The Bertz CT molecular complexity index is 583. The number of rotatable bonds is 8. The number of nitrogens with zero attached hydrogens (tertiary/aromatic N) is 4. The molecule has 7 heteroatoms. The Hall–Kier alpha value is -2.33. The number of aromatic nitrogens is 1. The van der Waals surface area contributed by atoms with E-state index in [9.17, 15) is 0 Å². The van der Waals surface area contributed by atoms with E-state index in [1.165, 1.54) is 10.5 Å². The van der Waals surface area contributed by atoms with E-state index in [0.717, 1.165) is 44.7 Å². The van der Waals surface area contributed by atoms with Crippen LogP contribution in [0.3, 0.4) is 0 Å². The van der Waals surface area contributed by atoms with E-state index >= 15 is 0 Å². The first-order valence-corrected chi connectivity index (χ1v) is 8.53. The van der Waals surface area contributed by atoms with Gasteiger partial charge in [0.2, 0.25) is 11.8 Å². The van der Waals surface area contributed by atoms with Crippen LogP contribution in [0, 0.1) is 11.5 Å². The second-order valence-electron chi connectivity index (χ2n) is 5.80. The third-order valence-corrected chi connectivity index (χ3v) is 3.87. The van der Waals surface area contributed by atoms with Crippen molar-refractivity contribution in [3.05, 3.63) is 23.9 Å². The van der Waals surface area contributed by atoms with Crippen LogP contribution in [0.4, 0.5) is 0 Å². The summed E-state index contributed by atoms with van der Waals surface area (Å²) in [7, 11) is 0. The van der Waals surface area contributed by atoms with Gasteiger partial charge in [-0.3, -0.25) is 4.99 Å². The smallest absolute Gasteiger partial charge is 0.216 e. The SMILES string of the molecule is CCCN=C(N)N(C#N)CCCNCC1CCc2cccnc2O1. The largest absolute Gasteiger partial charge is 0.473 e. The van der Waals surface area contributed by atoms with Crippen LogP contribution in [0.25, 0.3) is 0 Å². The molecule has 7 nitrogen and oxygen atoms in total. The molecule has 2 rings (SSSR count). The van der Waals surface area contributed by atoms with Crippen LogP contribution >= 0.6 is 0 Å². The number of hydrogen-bond acceptors (Lipinski definition) is 5. The molecule has 1 aromatic heterocycles. The van der Waals surface area contributed by atoms with Gasteiger partial charge in [0, 0.05) is 31.4 Å². The average Bonchev–Trinajstić information content (AvgIpc) is 2.62. The van der Waals surface area contributed by atoms with E-state index < -0.39 is 0 Å². The fraction of sp³-hybridized carbons (Fsp3) is 0.588. The lowest BCUT2D eigenvalue weighted by atomic mass is 10.1. The number of ether oxygens (including phenoxy) is 1. The third-order valence-electron chi connectivity index (χ3n) is 3.87. The van der Waals surface area contributed by atoms with Crippen molar-refractivity contribution in [2.45, 2.75) is 38.7 Å². The molecule has 1 aliphatic heterocycles. The highest BCUT2D eigenvalue weighted by molar-refractivity contribution is 5.79. The Kier molecular flexibility index (Phi) is 7.30. The Morgan fingerprint density at radius 1 is 1.62 bits per heavy atom. The Morgan fingerprint density at radius 3 is 3.29 bits per heavy atom. The molecule has 1 aliphatic rings. The maximum absolute atomic E-state index is 9.12. The molecule has 130 valence electrons. The summed E-state index contributed by atoms with van der Waals surface area (Å²) in [5, 5.41) is 12.5. The summed E-state index contributed by atoms with van der Waals surface area (Å²) in [6, 6.07) is 4.00. The van der Waals surface area contributed by atoms with E-state index in [0.29, 0.717) is 19.0 Å². The number of nitriles is 1. The summed E-state index contributed by atoms with van der Waals surface area (Å²) >= 11 is 0. The maximum Gasteiger partial charge on any atom is 0.216 e. The Balaban J connectivity index is 1.64. The van der Waals surface area contributed by atoms with Crippen LogP contribution in [-0.2, 0) is 6.42 Å². The molecule has 1 atom stereocenters. The van der Waals surface area contributed by atoms with Gasteiger partial charge in [-0.25, -0.2) is 9.88 Å². The predicted octanol–water partition coefficient (Wildman–Crippen LogP) is 1.26. The molecule has 0 aromatic carbocycles. The highest BCUT2D eigenvalue weighted by atomic mass is 16.5. The molecule has 0 radical (unpaired) electrons. The molecular formula is C17H26N6O. The maximum atomic E-state index is 9.12. The van der Waals surface area contributed by atoms with Gasteiger partial charge in [0.05, 0.1) is 0 Å². The molecule has 24 heavy (non-hydrogen) atoms. The number of nitrogens with two attached hydrogens (primary N) is 1. The molecule has 0 amide bonds. The Morgan fingerprint density at radius 2 is 2.50 bits per heavy atom. The second kappa shape index (κ2) is 9.73. The van der Waals surface area contributed by atoms with Crippen LogP contribution in [-0.4, -0.2) is 48.1 Å². The number of fused-ring (bicyclic) bond motifs is 1. The fourth-order valence-corrected chi connectivity index (χ4v) is 2.55. The van der Waals surface area contributed by atoms with Gasteiger partial charge >= 0.3 is 0 Å². The van der Waals surface area contributed by atoms with Gasteiger partial charge in [0.15, 0.2) is 6.19 Å². The van der Waals surface area contributed by atoms with Crippen molar-refractivity contribution in [3.63, 3.8) is 0 Å². The van der Waals surface area contributed by atoms with Crippen LogP contribution in [0.2, 0.25) is 0 Å². The van der Waals surface area contributed by atoms with Crippen LogP contribution < -0.4 is 15.8 Å². The van der Waals surface area contributed by atoms with Gasteiger partial charge in [-0.05, 0) is 38.3 Å². The van der Waals surface area contributed by atoms with E-state index in [1.807, 2.05) is 13.0 Å². The van der Waals surface area contributed by atoms with Crippen LogP contribution in [0.1, 0.15) is 31.7 Å². The van der Waals surface area contributed by atoms with Crippen molar-refractivity contribution in [2.24, 2.45) is 10.7 Å². The van der Waals surface area contributed by atoms with Gasteiger partial charge in [-0.1, -0.05) is 13.0 Å². The monoisotopic (exact) mass is 330 g/mol. The number of nitrogens with one attached hydrogen (secondary N) is 1. The molecule has 1 unspecified atom stereocenters. The minimum Gasteiger partial charge on any atom is -0.473 e. The van der Waals surface area contributed by atoms with Crippen molar-refractivity contribution in [2.75, 3.05) is 26.2 Å². The highest BCUT2D eigenvalue weighted by Gasteiger charge is 2.19. The normalized spacial score (nSPS) is 16.8. The molecular weight excluding hydrogens is 304 g/mol. The lowest BCUT2D eigenvalue weighted by Crippen LogP contribution is -2.37. The molecule has 1 aromatic rings. The van der Waals surface area contributed by atoms with E-state index in [1.54, 1.807) is 6.20 Å². The summed E-state index contributed by atoms with van der Waals surface area (Å²) in [6.07, 6.45) is 7.72. The summed E-state index contributed by atoms with van der Waals surface area (Å²) < 4.78 is 5.89. The van der Waals surface area contributed by atoms with Crippen molar-refractivity contribution in [3.8, 4) is 12.1 Å². The number of aliphatic imine (C=N–C) groups is 1. The van der Waals surface area contributed by atoms with E-state index in [4.69, 9.17) is 15.7 Å². The van der Waals surface area contributed by atoms with Crippen molar-refractivity contribution >= 4 is 5.96 Å². The topological polar surface area (TPSA) is 99.6 Å². The fourth-order valence-electron chi connectivity index (χ4n) is 2.55. The van der Waals surface area contributed by atoms with Gasteiger partial charge in [0.25, 0.3) is 0 Å². The predicted molar refractivity (Wildman–Crippen MR) is 93.6 cm³/mol. The summed E-state index contributed by atoms with van der Waals surface area (Å²) in [6.45, 7) is 4.82. The first kappa shape index (κ1) is 18.0. The quantitative estimate of drug-likeness (QED) is 0.245. The molecule has 0 saturated heterocycles. The van der Waals surface area contributed by atoms with Crippen molar-refractivity contribution in [1.82, 2.24) is 15.2 Å². The summed E-state index contributed by atoms with van der Waals surface area (Å²) in [5.74, 6) is 1.06. The van der Waals surface area contributed by atoms with Gasteiger partial charge in [-0.15, -0.1) is 0 Å². The Labute approximate surface area is 143 Å². The molecule has 0 saturated carbocycles. The number of hydrogen-bond donors (Lipinski definition) is 2. The van der Waals surface area contributed by atoms with Crippen molar-refractivity contribution in [1.29, 1.82) is 5.26 Å². The van der Waals surface area contributed by atoms with Crippen molar-refractivity contribution < 1.29 is 4.74 Å². The standard InChI is InChI=1S/C17H26N6O/c1-2-8-22-17(19)23(13-18)11-4-9-20-12-15-7-6-14-5-3-10-21-16(14)24-15/h3,5,10,15,20H,2,4,6-9,11-12H2,1H3,(H2,19,22). The first-order valence-electron chi connectivity index (χ1n) is 8.53. The average molecular weight is 330 g/mol. The minimum atomic E-state index is 0.149. The zero-order valence-electron chi connectivity index (χ0n) is 14.2. The lowest BCUT2D eigenvalue weighted by molar-refractivity contribution is 0.162. The van der Waals surface area contributed by atoms with E-state index in [-0.39, 0.29) is 6.10 Å². The zero-order chi connectivity index (χ0) is 17.2. The number of guanidine groups is 1. The minimum absolute atomic E-state index is 0.149. The molecule has 0 bridgehead atoms. The zero-order valence-corrected chi connectivity index (χ0v) is 14.2. The van der Waals surface area contributed by atoms with Gasteiger partial charge in [0.1, 0.15) is 6.10 Å². The second-order valence-corrected chi connectivity index (χ2v) is 5.80.